The van der Waals surface area contributed by atoms with Gasteiger partial charge in [-0.05, 0) is 38.5 Å². The van der Waals surface area contributed by atoms with Gasteiger partial charge in [-0.2, -0.15) is 0 Å². The van der Waals surface area contributed by atoms with E-state index < -0.39 is 5.60 Å². The lowest BCUT2D eigenvalue weighted by molar-refractivity contribution is -0.0734. The molecule has 1 aliphatic carbocycles. The monoisotopic (exact) mass is 280 g/mol. The van der Waals surface area contributed by atoms with Gasteiger partial charge in [-0.1, -0.05) is 19.3 Å². The van der Waals surface area contributed by atoms with E-state index >= 15 is 0 Å². The Hall–Kier alpha value is -0.780. The predicted octanol–water partition coefficient (Wildman–Crippen LogP) is 1.23. The number of hydrogen-bond donors (Lipinski definition) is 4. The van der Waals surface area contributed by atoms with Gasteiger partial charge in [0.05, 0.1) is 17.3 Å². The fourth-order valence-electron chi connectivity index (χ4n) is 4.20. The standard InChI is InChI=1S/C15H28N4O/c1-11-8-15(20,12-6-4-3-5-7-12)9-13(16-11)14-10-19(2)18-17-14/h10-13,16-18,20H,3-9H2,1-2H3/t11-,13-,15-/m0/s1. The second kappa shape index (κ2) is 5.54. The van der Waals surface area contributed by atoms with Crippen LogP contribution in [0, 0.1) is 5.92 Å². The Bertz CT molecular complexity index is 380. The first-order valence-corrected chi connectivity index (χ1v) is 8.01. The first-order chi connectivity index (χ1) is 9.57. The Balaban J connectivity index is 1.73. The molecule has 1 saturated carbocycles. The van der Waals surface area contributed by atoms with Crippen LogP contribution in [0.4, 0.5) is 0 Å². The zero-order chi connectivity index (χ0) is 14.2. The molecular formula is C15H28N4O. The van der Waals surface area contributed by atoms with Gasteiger partial charge < -0.3 is 15.8 Å². The summed E-state index contributed by atoms with van der Waals surface area (Å²) in [6.07, 6.45) is 10.1. The molecule has 0 bridgehead atoms. The van der Waals surface area contributed by atoms with E-state index in [2.05, 4.69) is 29.4 Å². The molecule has 0 unspecified atom stereocenters. The van der Waals surface area contributed by atoms with Crippen molar-refractivity contribution >= 4 is 0 Å². The summed E-state index contributed by atoms with van der Waals surface area (Å²) >= 11 is 0. The zero-order valence-corrected chi connectivity index (χ0v) is 12.7. The summed E-state index contributed by atoms with van der Waals surface area (Å²) < 4.78 is 0. The zero-order valence-electron chi connectivity index (χ0n) is 12.7. The maximum atomic E-state index is 11.2. The number of rotatable bonds is 2. The van der Waals surface area contributed by atoms with Crippen molar-refractivity contribution < 1.29 is 5.11 Å². The molecule has 0 aromatic heterocycles. The summed E-state index contributed by atoms with van der Waals surface area (Å²) in [6.45, 7) is 2.19. The van der Waals surface area contributed by atoms with E-state index in [-0.39, 0.29) is 6.04 Å². The molecule has 2 heterocycles. The van der Waals surface area contributed by atoms with E-state index in [1.165, 1.54) is 32.1 Å². The number of nitrogens with zero attached hydrogens (tertiary/aromatic N) is 1. The summed E-state index contributed by atoms with van der Waals surface area (Å²) in [5.74, 6) is 0.482. The molecule has 4 N–H and O–H groups in total. The maximum absolute atomic E-state index is 11.2. The van der Waals surface area contributed by atoms with Crippen molar-refractivity contribution in [3.05, 3.63) is 11.9 Å². The van der Waals surface area contributed by atoms with Gasteiger partial charge in [0.15, 0.2) is 0 Å². The van der Waals surface area contributed by atoms with Gasteiger partial charge in [-0.3, -0.25) is 5.01 Å². The van der Waals surface area contributed by atoms with Crippen LogP contribution >= 0.6 is 0 Å². The summed E-state index contributed by atoms with van der Waals surface area (Å²) in [5, 5.41) is 16.8. The molecule has 0 radical (unpaired) electrons. The van der Waals surface area contributed by atoms with E-state index in [1.807, 2.05) is 12.1 Å². The van der Waals surface area contributed by atoms with Crippen molar-refractivity contribution in [2.24, 2.45) is 5.92 Å². The van der Waals surface area contributed by atoms with Crippen LogP contribution in [0.25, 0.3) is 0 Å². The summed E-state index contributed by atoms with van der Waals surface area (Å²) in [7, 11) is 1.97. The average Bonchev–Trinajstić information content (AvgIpc) is 2.86. The van der Waals surface area contributed by atoms with Gasteiger partial charge in [-0.25, -0.2) is 0 Å². The minimum atomic E-state index is -0.501. The molecule has 3 rings (SSSR count). The van der Waals surface area contributed by atoms with Crippen LogP contribution in [-0.2, 0) is 0 Å². The molecule has 2 aliphatic heterocycles. The molecule has 20 heavy (non-hydrogen) atoms. The lowest BCUT2D eigenvalue weighted by Gasteiger charge is -2.46. The van der Waals surface area contributed by atoms with Crippen LogP contribution in [0.3, 0.4) is 0 Å². The fourth-order valence-corrected chi connectivity index (χ4v) is 4.20. The molecule has 5 nitrogen and oxygen atoms in total. The lowest BCUT2D eigenvalue weighted by atomic mass is 9.69. The van der Waals surface area contributed by atoms with Gasteiger partial charge in [0.25, 0.3) is 0 Å². The third-order valence-electron chi connectivity index (χ3n) is 5.15. The van der Waals surface area contributed by atoms with E-state index in [0.29, 0.717) is 12.0 Å². The molecule has 0 spiro atoms. The molecule has 0 amide bonds. The van der Waals surface area contributed by atoms with Crippen molar-refractivity contribution in [2.75, 3.05) is 7.05 Å². The minimum absolute atomic E-state index is 0.211. The number of piperidine rings is 1. The van der Waals surface area contributed by atoms with Gasteiger partial charge in [-0.15, -0.1) is 5.53 Å². The molecule has 3 aliphatic rings. The molecule has 3 atom stereocenters. The van der Waals surface area contributed by atoms with Gasteiger partial charge in [0, 0.05) is 19.3 Å². The van der Waals surface area contributed by atoms with Crippen LogP contribution in [0.1, 0.15) is 51.9 Å². The van der Waals surface area contributed by atoms with Crippen LogP contribution in [0.5, 0.6) is 0 Å². The van der Waals surface area contributed by atoms with Crippen molar-refractivity contribution in [1.82, 2.24) is 21.3 Å². The highest BCUT2D eigenvalue weighted by atomic mass is 16.3. The Morgan fingerprint density at radius 1 is 1.25 bits per heavy atom. The lowest BCUT2D eigenvalue weighted by Crippen LogP contribution is -2.57. The normalized spacial score (nSPS) is 39.5. The third kappa shape index (κ3) is 2.80. The highest BCUT2D eigenvalue weighted by molar-refractivity contribution is 5.15. The molecule has 2 fully saturated rings. The second-order valence-corrected chi connectivity index (χ2v) is 6.90. The van der Waals surface area contributed by atoms with Crippen molar-refractivity contribution in [3.8, 4) is 0 Å². The Morgan fingerprint density at radius 2 is 2.00 bits per heavy atom. The molecule has 1 saturated heterocycles. The van der Waals surface area contributed by atoms with Crippen molar-refractivity contribution in [3.63, 3.8) is 0 Å². The van der Waals surface area contributed by atoms with E-state index in [4.69, 9.17) is 0 Å². The topological polar surface area (TPSA) is 59.6 Å². The largest absolute Gasteiger partial charge is 0.389 e. The molecule has 0 aromatic carbocycles. The average molecular weight is 280 g/mol. The number of hydrazine groups is 2. The Morgan fingerprint density at radius 3 is 2.65 bits per heavy atom. The highest BCUT2D eigenvalue weighted by Crippen LogP contribution is 2.41. The van der Waals surface area contributed by atoms with Crippen LogP contribution in [-0.4, -0.2) is 34.8 Å². The molecular weight excluding hydrogens is 252 g/mol. The van der Waals surface area contributed by atoms with E-state index in [9.17, 15) is 5.11 Å². The molecule has 0 aromatic rings. The fraction of sp³-hybridized carbons (Fsp3) is 0.867. The number of nitrogens with one attached hydrogen (secondary N) is 3. The predicted molar refractivity (Wildman–Crippen MR) is 79.3 cm³/mol. The van der Waals surface area contributed by atoms with E-state index in [1.54, 1.807) is 0 Å². The quantitative estimate of drug-likeness (QED) is 0.613. The van der Waals surface area contributed by atoms with Crippen LogP contribution in [0.15, 0.2) is 11.9 Å². The Kier molecular flexibility index (Phi) is 3.93. The summed E-state index contributed by atoms with van der Waals surface area (Å²) in [6, 6.07) is 0.567. The number of hydrogen-bond acceptors (Lipinski definition) is 5. The van der Waals surface area contributed by atoms with Crippen LogP contribution < -0.4 is 16.3 Å². The smallest absolute Gasteiger partial charge is 0.0709 e. The third-order valence-corrected chi connectivity index (χ3v) is 5.15. The highest BCUT2D eigenvalue weighted by Gasteiger charge is 2.44. The first kappa shape index (κ1) is 14.2. The van der Waals surface area contributed by atoms with Gasteiger partial charge >= 0.3 is 0 Å². The summed E-state index contributed by atoms with van der Waals surface area (Å²) in [4.78, 5) is 0. The SMILES string of the molecule is C[C@H]1C[C@@](O)(C2CCCCC2)C[C@@H](C2=CN(C)NN2)N1. The van der Waals surface area contributed by atoms with E-state index in [0.717, 1.165) is 18.5 Å². The molecule has 5 heteroatoms. The Labute approximate surface area is 121 Å². The maximum Gasteiger partial charge on any atom is 0.0709 e. The van der Waals surface area contributed by atoms with Crippen LogP contribution in [0.2, 0.25) is 0 Å². The second-order valence-electron chi connectivity index (χ2n) is 6.90. The number of aliphatic hydroxyl groups is 1. The summed E-state index contributed by atoms with van der Waals surface area (Å²) in [5.41, 5.74) is 6.89. The van der Waals surface area contributed by atoms with Crippen molar-refractivity contribution in [1.29, 1.82) is 0 Å². The van der Waals surface area contributed by atoms with Gasteiger partial charge in [0.2, 0.25) is 0 Å². The van der Waals surface area contributed by atoms with Crippen molar-refractivity contribution in [2.45, 2.75) is 69.6 Å². The minimum Gasteiger partial charge on any atom is -0.389 e. The molecule has 114 valence electrons. The van der Waals surface area contributed by atoms with Gasteiger partial charge in [0.1, 0.15) is 0 Å². The first-order valence-electron chi connectivity index (χ1n) is 8.01.